The Morgan fingerprint density at radius 1 is 1.39 bits per heavy atom. The molecule has 0 atom stereocenters. The van der Waals surface area contributed by atoms with Crippen LogP contribution in [0.25, 0.3) is 0 Å². The zero-order chi connectivity index (χ0) is 13.0. The number of aryl methyl sites for hydroxylation is 1. The van der Waals surface area contributed by atoms with Gasteiger partial charge in [-0.2, -0.15) is 11.3 Å². The van der Waals surface area contributed by atoms with Gasteiger partial charge in [0, 0.05) is 6.54 Å². The molecule has 0 unspecified atom stereocenters. The van der Waals surface area contributed by atoms with Crippen LogP contribution in [0.15, 0.2) is 35.0 Å². The lowest BCUT2D eigenvalue weighted by molar-refractivity contribution is 0.0950. The maximum absolute atomic E-state index is 13.5. The van der Waals surface area contributed by atoms with Gasteiger partial charge in [-0.15, -0.1) is 0 Å². The van der Waals surface area contributed by atoms with Gasteiger partial charge in [-0.25, -0.2) is 4.39 Å². The minimum absolute atomic E-state index is 0.103. The van der Waals surface area contributed by atoms with E-state index >= 15 is 0 Å². The van der Waals surface area contributed by atoms with Gasteiger partial charge in [-0.1, -0.05) is 6.07 Å². The second kappa shape index (κ2) is 5.78. The highest BCUT2D eigenvalue weighted by molar-refractivity contribution is 7.07. The van der Waals surface area contributed by atoms with Crippen LogP contribution in [0.2, 0.25) is 0 Å². The average Bonchev–Trinajstić information content (AvgIpc) is 2.81. The Hall–Kier alpha value is -1.68. The third-order valence-electron chi connectivity index (χ3n) is 2.65. The molecular weight excluding hydrogens is 249 g/mol. The zero-order valence-corrected chi connectivity index (χ0v) is 10.9. The fourth-order valence-corrected chi connectivity index (χ4v) is 2.36. The second-order valence-electron chi connectivity index (χ2n) is 4.12. The van der Waals surface area contributed by atoms with Crippen molar-refractivity contribution in [3.63, 3.8) is 0 Å². The first-order chi connectivity index (χ1) is 8.66. The summed E-state index contributed by atoms with van der Waals surface area (Å²) in [7, 11) is 0. The first kappa shape index (κ1) is 12.8. The van der Waals surface area contributed by atoms with Crippen LogP contribution in [-0.2, 0) is 6.42 Å². The number of halogens is 1. The van der Waals surface area contributed by atoms with Crippen LogP contribution in [0, 0.1) is 12.7 Å². The van der Waals surface area contributed by atoms with E-state index in [2.05, 4.69) is 5.32 Å². The first-order valence-corrected chi connectivity index (χ1v) is 6.66. The molecule has 2 rings (SSSR count). The van der Waals surface area contributed by atoms with Gasteiger partial charge >= 0.3 is 0 Å². The minimum Gasteiger partial charge on any atom is -0.352 e. The predicted octanol–water partition coefficient (Wildman–Crippen LogP) is 3.17. The third kappa shape index (κ3) is 3.17. The Morgan fingerprint density at radius 3 is 2.89 bits per heavy atom. The molecule has 1 N–H and O–H groups in total. The molecule has 0 aliphatic heterocycles. The Kier molecular flexibility index (Phi) is 4.10. The lowest BCUT2D eigenvalue weighted by Gasteiger charge is -2.06. The largest absolute Gasteiger partial charge is 0.352 e. The topological polar surface area (TPSA) is 29.1 Å². The molecule has 0 bridgehead atoms. The van der Waals surface area contributed by atoms with Gasteiger partial charge in [-0.05, 0) is 53.4 Å². The molecule has 4 heteroatoms. The number of thiophene rings is 1. The number of rotatable bonds is 4. The van der Waals surface area contributed by atoms with E-state index in [1.54, 1.807) is 24.3 Å². The van der Waals surface area contributed by atoms with Crippen molar-refractivity contribution in [1.29, 1.82) is 0 Å². The molecule has 0 saturated carbocycles. The van der Waals surface area contributed by atoms with E-state index < -0.39 is 5.82 Å². The van der Waals surface area contributed by atoms with Crippen LogP contribution in [0.5, 0.6) is 0 Å². The Labute approximate surface area is 109 Å². The summed E-state index contributed by atoms with van der Waals surface area (Å²) in [5.74, 6) is -0.828. The Balaban J connectivity index is 1.91. The summed E-state index contributed by atoms with van der Waals surface area (Å²) < 4.78 is 13.5. The van der Waals surface area contributed by atoms with Crippen molar-refractivity contribution in [3.8, 4) is 0 Å². The minimum atomic E-state index is -0.469. The molecule has 2 aromatic rings. The quantitative estimate of drug-likeness (QED) is 0.902. The molecule has 18 heavy (non-hydrogen) atoms. The number of hydrogen-bond acceptors (Lipinski definition) is 2. The van der Waals surface area contributed by atoms with Crippen molar-refractivity contribution >= 4 is 17.2 Å². The third-order valence-corrected chi connectivity index (χ3v) is 3.38. The average molecular weight is 263 g/mol. The molecule has 0 fully saturated rings. The van der Waals surface area contributed by atoms with E-state index in [-0.39, 0.29) is 11.5 Å². The SMILES string of the molecule is Cc1ccc(C(=O)NCCc2ccsc2)c(F)c1. The highest BCUT2D eigenvalue weighted by Gasteiger charge is 2.10. The normalized spacial score (nSPS) is 10.3. The van der Waals surface area contributed by atoms with Crippen LogP contribution in [0.3, 0.4) is 0 Å². The highest BCUT2D eigenvalue weighted by Crippen LogP contribution is 2.10. The molecule has 0 aliphatic rings. The fraction of sp³-hybridized carbons (Fsp3) is 0.214. The van der Waals surface area contributed by atoms with Crippen molar-refractivity contribution in [2.45, 2.75) is 13.3 Å². The van der Waals surface area contributed by atoms with Gasteiger partial charge in [-0.3, -0.25) is 4.79 Å². The molecule has 0 aliphatic carbocycles. The summed E-state index contributed by atoms with van der Waals surface area (Å²) >= 11 is 1.63. The number of hydrogen-bond donors (Lipinski definition) is 1. The van der Waals surface area contributed by atoms with Gasteiger partial charge in [0.05, 0.1) is 5.56 Å². The van der Waals surface area contributed by atoms with E-state index in [9.17, 15) is 9.18 Å². The lowest BCUT2D eigenvalue weighted by atomic mass is 10.1. The molecule has 0 spiro atoms. The maximum atomic E-state index is 13.5. The van der Waals surface area contributed by atoms with Crippen molar-refractivity contribution in [2.75, 3.05) is 6.54 Å². The van der Waals surface area contributed by atoms with Crippen LogP contribution in [0.1, 0.15) is 21.5 Å². The summed E-state index contributed by atoms with van der Waals surface area (Å²) in [4.78, 5) is 11.8. The van der Waals surface area contributed by atoms with E-state index in [1.165, 1.54) is 17.7 Å². The van der Waals surface area contributed by atoms with Crippen molar-refractivity contribution in [3.05, 3.63) is 57.5 Å². The first-order valence-electron chi connectivity index (χ1n) is 5.72. The molecule has 0 saturated heterocycles. The van der Waals surface area contributed by atoms with Crippen LogP contribution in [-0.4, -0.2) is 12.5 Å². The number of amides is 1. The second-order valence-corrected chi connectivity index (χ2v) is 4.90. The summed E-state index contributed by atoms with van der Waals surface area (Å²) in [6.07, 6.45) is 0.767. The van der Waals surface area contributed by atoms with Crippen molar-refractivity contribution in [2.24, 2.45) is 0 Å². The van der Waals surface area contributed by atoms with E-state index in [0.29, 0.717) is 6.54 Å². The molecule has 94 valence electrons. The highest BCUT2D eigenvalue weighted by atomic mass is 32.1. The van der Waals surface area contributed by atoms with E-state index in [1.807, 2.05) is 16.8 Å². The zero-order valence-electron chi connectivity index (χ0n) is 10.1. The molecule has 0 radical (unpaired) electrons. The standard InChI is InChI=1S/C14H14FNOS/c1-10-2-3-12(13(15)8-10)14(17)16-6-4-11-5-7-18-9-11/h2-3,5,7-9H,4,6H2,1H3,(H,16,17). The summed E-state index contributed by atoms with van der Waals surface area (Å²) in [6, 6.07) is 6.64. The van der Waals surface area contributed by atoms with Crippen LogP contribution < -0.4 is 5.32 Å². The van der Waals surface area contributed by atoms with Gasteiger partial charge in [0.1, 0.15) is 5.82 Å². The molecule has 2 nitrogen and oxygen atoms in total. The summed E-state index contributed by atoms with van der Waals surface area (Å²) in [5.41, 5.74) is 2.10. The van der Waals surface area contributed by atoms with Crippen LogP contribution >= 0.6 is 11.3 Å². The number of benzene rings is 1. The van der Waals surface area contributed by atoms with Gasteiger partial charge in [0.2, 0.25) is 0 Å². The number of carbonyl (C=O) groups is 1. The number of nitrogens with one attached hydrogen (secondary N) is 1. The molecule has 1 heterocycles. The van der Waals surface area contributed by atoms with E-state index in [0.717, 1.165) is 12.0 Å². The molecule has 1 amide bonds. The Bertz CT molecular complexity index is 537. The van der Waals surface area contributed by atoms with Gasteiger partial charge in [0.25, 0.3) is 5.91 Å². The Morgan fingerprint density at radius 2 is 2.22 bits per heavy atom. The lowest BCUT2D eigenvalue weighted by Crippen LogP contribution is -2.26. The van der Waals surface area contributed by atoms with Crippen molar-refractivity contribution < 1.29 is 9.18 Å². The smallest absolute Gasteiger partial charge is 0.254 e. The monoisotopic (exact) mass is 263 g/mol. The summed E-state index contributed by atoms with van der Waals surface area (Å²) in [6.45, 7) is 2.31. The van der Waals surface area contributed by atoms with E-state index in [4.69, 9.17) is 0 Å². The summed E-state index contributed by atoms with van der Waals surface area (Å²) in [5, 5.41) is 6.76. The number of carbonyl (C=O) groups excluding carboxylic acids is 1. The predicted molar refractivity (Wildman–Crippen MR) is 71.5 cm³/mol. The fourth-order valence-electron chi connectivity index (χ4n) is 1.65. The molecule has 1 aromatic heterocycles. The maximum Gasteiger partial charge on any atom is 0.254 e. The van der Waals surface area contributed by atoms with Gasteiger partial charge in [0.15, 0.2) is 0 Å². The van der Waals surface area contributed by atoms with Crippen LogP contribution in [0.4, 0.5) is 4.39 Å². The van der Waals surface area contributed by atoms with Gasteiger partial charge < -0.3 is 5.32 Å². The van der Waals surface area contributed by atoms with Crippen molar-refractivity contribution in [1.82, 2.24) is 5.32 Å². The molecular formula is C14H14FNOS. The molecule has 1 aromatic carbocycles.